The Balaban J connectivity index is 2.05. The van der Waals surface area contributed by atoms with Crippen molar-refractivity contribution >= 4 is 29.1 Å². The normalized spacial score (nSPS) is 23.1. The number of halogens is 2. The second-order valence-electron chi connectivity index (χ2n) is 4.58. The summed E-state index contributed by atoms with van der Waals surface area (Å²) in [6.45, 7) is 0.117. The van der Waals surface area contributed by atoms with Gasteiger partial charge < -0.3 is 10.4 Å². The summed E-state index contributed by atoms with van der Waals surface area (Å²) in [5.41, 5.74) is 0.494. The van der Waals surface area contributed by atoms with E-state index in [0.29, 0.717) is 15.6 Å². The topological polar surface area (TPSA) is 49.3 Å². The van der Waals surface area contributed by atoms with Gasteiger partial charge in [0, 0.05) is 24.1 Å². The number of hydrogen-bond donors (Lipinski definition) is 2. The van der Waals surface area contributed by atoms with Crippen LogP contribution < -0.4 is 5.32 Å². The minimum Gasteiger partial charge on any atom is -0.396 e. The smallest absolute Gasteiger partial charge is 0.251 e. The average Bonchev–Trinajstić information content (AvgIpc) is 2.79. The molecule has 2 atom stereocenters. The first kappa shape index (κ1) is 13.7. The molecule has 0 saturated heterocycles. The fraction of sp³-hybridized carbons (Fsp3) is 0.462. The molecule has 1 aliphatic carbocycles. The molecule has 1 saturated carbocycles. The Morgan fingerprint density at radius 2 is 2.11 bits per heavy atom. The number of benzene rings is 1. The summed E-state index contributed by atoms with van der Waals surface area (Å²) < 4.78 is 0. The van der Waals surface area contributed by atoms with Crippen LogP contribution in [0.4, 0.5) is 0 Å². The van der Waals surface area contributed by atoms with Gasteiger partial charge in [0.15, 0.2) is 0 Å². The molecule has 3 nitrogen and oxygen atoms in total. The van der Waals surface area contributed by atoms with E-state index in [1.807, 2.05) is 0 Å². The highest BCUT2D eigenvalue weighted by molar-refractivity contribution is 6.42. The van der Waals surface area contributed by atoms with Gasteiger partial charge in [0.1, 0.15) is 0 Å². The van der Waals surface area contributed by atoms with E-state index in [4.69, 9.17) is 23.2 Å². The third kappa shape index (κ3) is 2.97. The Kier molecular flexibility index (Phi) is 4.49. The van der Waals surface area contributed by atoms with E-state index >= 15 is 0 Å². The maximum atomic E-state index is 12.0. The van der Waals surface area contributed by atoms with E-state index in [1.54, 1.807) is 18.2 Å². The Morgan fingerprint density at radius 3 is 2.78 bits per heavy atom. The number of carbonyl (C=O) groups is 1. The fourth-order valence-corrected chi connectivity index (χ4v) is 2.63. The van der Waals surface area contributed by atoms with Crippen molar-refractivity contribution < 1.29 is 9.90 Å². The van der Waals surface area contributed by atoms with Crippen LogP contribution >= 0.6 is 23.2 Å². The van der Waals surface area contributed by atoms with Gasteiger partial charge in [-0.3, -0.25) is 4.79 Å². The van der Waals surface area contributed by atoms with Crippen molar-refractivity contribution in [2.45, 2.75) is 25.3 Å². The zero-order valence-corrected chi connectivity index (χ0v) is 11.3. The van der Waals surface area contributed by atoms with Crippen molar-refractivity contribution in [1.82, 2.24) is 5.32 Å². The van der Waals surface area contributed by atoms with Gasteiger partial charge >= 0.3 is 0 Å². The molecule has 18 heavy (non-hydrogen) atoms. The highest BCUT2D eigenvalue weighted by Crippen LogP contribution is 2.26. The van der Waals surface area contributed by atoms with Crippen LogP contribution in [0, 0.1) is 5.92 Å². The van der Waals surface area contributed by atoms with Crippen molar-refractivity contribution in [3.63, 3.8) is 0 Å². The number of amides is 1. The second kappa shape index (κ2) is 5.91. The molecule has 2 N–H and O–H groups in total. The lowest BCUT2D eigenvalue weighted by molar-refractivity contribution is 0.0916. The summed E-state index contributed by atoms with van der Waals surface area (Å²) in [5.74, 6) is -0.00404. The third-order valence-electron chi connectivity index (χ3n) is 3.39. The first-order valence-corrected chi connectivity index (χ1v) is 6.74. The van der Waals surface area contributed by atoms with Crippen molar-refractivity contribution in [1.29, 1.82) is 0 Å². The SMILES string of the molecule is O=C(NC1CCCC1CO)c1ccc(Cl)c(Cl)c1. The minimum absolute atomic E-state index is 0.0527. The molecule has 0 aromatic heterocycles. The van der Waals surface area contributed by atoms with Crippen LogP contribution in [0.15, 0.2) is 18.2 Å². The molecule has 2 rings (SSSR count). The number of nitrogens with one attached hydrogen (secondary N) is 1. The van der Waals surface area contributed by atoms with Gasteiger partial charge in [-0.15, -0.1) is 0 Å². The monoisotopic (exact) mass is 287 g/mol. The van der Waals surface area contributed by atoms with Crippen molar-refractivity contribution in [2.75, 3.05) is 6.61 Å². The molecule has 1 amide bonds. The largest absolute Gasteiger partial charge is 0.396 e. The molecule has 2 unspecified atom stereocenters. The van der Waals surface area contributed by atoms with Gasteiger partial charge in [-0.05, 0) is 31.0 Å². The molecule has 1 fully saturated rings. The predicted octanol–water partition coefficient (Wildman–Crippen LogP) is 2.88. The zero-order chi connectivity index (χ0) is 13.1. The third-order valence-corrected chi connectivity index (χ3v) is 4.13. The average molecular weight is 288 g/mol. The highest BCUT2D eigenvalue weighted by atomic mass is 35.5. The summed E-state index contributed by atoms with van der Waals surface area (Å²) in [6.07, 6.45) is 2.92. The summed E-state index contributed by atoms with van der Waals surface area (Å²) >= 11 is 11.7. The number of rotatable bonds is 3. The molecule has 5 heteroatoms. The molecule has 1 aliphatic rings. The highest BCUT2D eigenvalue weighted by Gasteiger charge is 2.28. The predicted molar refractivity (Wildman–Crippen MR) is 72.1 cm³/mol. The summed E-state index contributed by atoms with van der Waals surface area (Å²) in [4.78, 5) is 12.0. The standard InChI is InChI=1S/C13H15Cl2NO2/c14-10-5-4-8(6-11(10)15)13(18)16-12-3-1-2-9(12)7-17/h4-6,9,12,17H,1-3,7H2,(H,16,18). The van der Waals surface area contributed by atoms with Crippen molar-refractivity contribution in [3.8, 4) is 0 Å². The van der Waals surface area contributed by atoms with E-state index in [2.05, 4.69) is 5.32 Å². The van der Waals surface area contributed by atoms with E-state index in [9.17, 15) is 9.90 Å². The van der Waals surface area contributed by atoms with Crippen LogP contribution in [0.5, 0.6) is 0 Å². The lowest BCUT2D eigenvalue weighted by Gasteiger charge is -2.19. The van der Waals surface area contributed by atoms with Gasteiger partial charge in [0.25, 0.3) is 5.91 Å². The lowest BCUT2D eigenvalue weighted by atomic mass is 10.0. The number of aliphatic hydroxyl groups is 1. The summed E-state index contributed by atoms with van der Waals surface area (Å²) in [5, 5.41) is 13.0. The minimum atomic E-state index is -0.168. The summed E-state index contributed by atoms with van der Waals surface area (Å²) in [6, 6.07) is 4.86. The number of carbonyl (C=O) groups excluding carboxylic acids is 1. The van der Waals surface area contributed by atoms with Gasteiger partial charge in [-0.25, -0.2) is 0 Å². The quantitative estimate of drug-likeness (QED) is 0.898. The molecule has 1 aromatic carbocycles. The molecule has 0 radical (unpaired) electrons. The van der Waals surface area contributed by atoms with Gasteiger partial charge in [0.05, 0.1) is 10.0 Å². The van der Waals surface area contributed by atoms with Crippen LogP contribution in [0.25, 0.3) is 0 Å². The fourth-order valence-electron chi connectivity index (χ4n) is 2.33. The maximum Gasteiger partial charge on any atom is 0.251 e. The molecule has 0 spiro atoms. The first-order valence-electron chi connectivity index (χ1n) is 5.98. The van der Waals surface area contributed by atoms with E-state index in [-0.39, 0.29) is 24.5 Å². The second-order valence-corrected chi connectivity index (χ2v) is 5.40. The van der Waals surface area contributed by atoms with Gasteiger partial charge in [0.2, 0.25) is 0 Å². The molecular formula is C13H15Cl2NO2. The Morgan fingerprint density at radius 1 is 1.33 bits per heavy atom. The van der Waals surface area contributed by atoms with E-state index < -0.39 is 0 Å². The Labute approximate surface area is 116 Å². The Hall–Kier alpha value is -0.770. The zero-order valence-electron chi connectivity index (χ0n) is 9.83. The van der Waals surface area contributed by atoms with Gasteiger partial charge in [-0.1, -0.05) is 29.6 Å². The van der Waals surface area contributed by atoms with E-state index in [0.717, 1.165) is 19.3 Å². The molecular weight excluding hydrogens is 273 g/mol. The van der Waals surface area contributed by atoms with Gasteiger partial charge in [-0.2, -0.15) is 0 Å². The summed E-state index contributed by atoms with van der Waals surface area (Å²) in [7, 11) is 0. The molecule has 1 aromatic rings. The van der Waals surface area contributed by atoms with Crippen LogP contribution in [0.3, 0.4) is 0 Å². The van der Waals surface area contributed by atoms with Crippen LogP contribution in [0.1, 0.15) is 29.6 Å². The number of aliphatic hydroxyl groups excluding tert-OH is 1. The lowest BCUT2D eigenvalue weighted by Crippen LogP contribution is -2.38. The molecule has 0 heterocycles. The van der Waals surface area contributed by atoms with Crippen LogP contribution in [-0.4, -0.2) is 23.7 Å². The molecule has 0 bridgehead atoms. The molecule has 0 aliphatic heterocycles. The number of hydrogen-bond acceptors (Lipinski definition) is 2. The van der Waals surface area contributed by atoms with Crippen LogP contribution in [-0.2, 0) is 0 Å². The van der Waals surface area contributed by atoms with E-state index in [1.165, 1.54) is 0 Å². The maximum absolute atomic E-state index is 12.0. The Bertz CT molecular complexity index is 451. The first-order chi connectivity index (χ1) is 8.61. The van der Waals surface area contributed by atoms with Crippen molar-refractivity contribution in [3.05, 3.63) is 33.8 Å². The van der Waals surface area contributed by atoms with Crippen LogP contribution in [0.2, 0.25) is 10.0 Å². The molecule has 98 valence electrons. The van der Waals surface area contributed by atoms with Crippen molar-refractivity contribution in [2.24, 2.45) is 5.92 Å².